The van der Waals surface area contributed by atoms with Crippen molar-refractivity contribution in [3.8, 4) is 5.75 Å². The van der Waals surface area contributed by atoms with Crippen molar-refractivity contribution in [1.82, 2.24) is 14.5 Å². The lowest BCUT2D eigenvalue weighted by Gasteiger charge is -2.12. The third-order valence-corrected chi connectivity index (χ3v) is 2.93. The first kappa shape index (κ1) is 12.6. The maximum absolute atomic E-state index is 8.98. The van der Waals surface area contributed by atoms with Crippen molar-refractivity contribution in [2.24, 2.45) is 0 Å². The van der Waals surface area contributed by atoms with Gasteiger partial charge in [-0.25, -0.2) is 4.98 Å². The fraction of sp³-hybridized carbons (Fsp3) is 0.385. The molecule has 5 heteroatoms. The van der Waals surface area contributed by atoms with Gasteiger partial charge in [-0.1, -0.05) is 0 Å². The molecule has 0 aliphatic heterocycles. The Bertz CT molecular complexity index is 549. The number of hydrogen-bond acceptors (Lipinski definition) is 4. The molecule has 0 aliphatic rings. The number of aromatic nitrogens is 3. The molecule has 2 heterocycles. The molecule has 0 amide bonds. The number of pyridine rings is 1. The van der Waals surface area contributed by atoms with Crippen LogP contribution in [0.15, 0.2) is 18.7 Å². The largest absolute Gasteiger partial charge is 0.496 e. The minimum absolute atomic E-state index is 0.0450. The number of ether oxygens (including phenoxy) is 1. The Labute approximate surface area is 106 Å². The molecule has 0 bridgehead atoms. The van der Waals surface area contributed by atoms with Crippen molar-refractivity contribution in [2.45, 2.75) is 27.0 Å². The molecule has 0 aliphatic carbocycles. The van der Waals surface area contributed by atoms with Crippen LogP contribution in [0.2, 0.25) is 0 Å². The van der Waals surface area contributed by atoms with E-state index in [2.05, 4.69) is 9.97 Å². The molecule has 96 valence electrons. The van der Waals surface area contributed by atoms with E-state index < -0.39 is 0 Å². The van der Waals surface area contributed by atoms with E-state index >= 15 is 0 Å². The van der Waals surface area contributed by atoms with Crippen molar-refractivity contribution in [3.05, 3.63) is 41.2 Å². The van der Waals surface area contributed by atoms with Gasteiger partial charge in [-0.2, -0.15) is 0 Å². The van der Waals surface area contributed by atoms with Gasteiger partial charge in [0.2, 0.25) is 0 Å². The number of nitrogens with zero attached hydrogens (tertiary/aromatic N) is 3. The number of aryl methyl sites for hydroxylation is 1. The second-order valence-electron chi connectivity index (χ2n) is 4.24. The van der Waals surface area contributed by atoms with Crippen LogP contribution in [0.3, 0.4) is 0 Å². The molecular formula is C13H17N3O2. The summed E-state index contributed by atoms with van der Waals surface area (Å²) in [5.41, 5.74) is 3.67. The molecule has 0 saturated heterocycles. The lowest BCUT2D eigenvalue weighted by Crippen LogP contribution is -2.04. The molecule has 0 saturated carbocycles. The maximum atomic E-state index is 8.98. The second kappa shape index (κ2) is 5.18. The van der Waals surface area contributed by atoms with Crippen LogP contribution in [0.5, 0.6) is 5.75 Å². The van der Waals surface area contributed by atoms with Crippen LogP contribution >= 0.6 is 0 Å². The van der Waals surface area contributed by atoms with Crippen LogP contribution in [0.4, 0.5) is 0 Å². The predicted molar refractivity (Wildman–Crippen MR) is 67.5 cm³/mol. The third kappa shape index (κ3) is 2.36. The first-order chi connectivity index (χ1) is 8.65. The highest BCUT2D eigenvalue weighted by Gasteiger charge is 2.10. The topological polar surface area (TPSA) is 60.2 Å². The summed E-state index contributed by atoms with van der Waals surface area (Å²) in [4.78, 5) is 8.50. The van der Waals surface area contributed by atoms with E-state index in [9.17, 15) is 0 Å². The molecule has 2 rings (SSSR count). The van der Waals surface area contributed by atoms with Crippen LogP contribution < -0.4 is 4.74 Å². The van der Waals surface area contributed by atoms with Gasteiger partial charge in [0, 0.05) is 23.5 Å². The van der Waals surface area contributed by atoms with Crippen molar-refractivity contribution in [1.29, 1.82) is 0 Å². The monoisotopic (exact) mass is 247 g/mol. The molecular weight excluding hydrogens is 230 g/mol. The molecule has 0 aromatic carbocycles. The predicted octanol–water partition coefficient (Wildman–Crippen LogP) is 1.44. The average Bonchev–Trinajstić information content (AvgIpc) is 2.81. The zero-order valence-electron chi connectivity index (χ0n) is 10.8. The SMILES string of the molecule is COc1c(C)cnc(Cn2cnc(CO)c2)c1C. The zero-order valence-corrected chi connectivity index (χ0v) is 10.8. The standard InChI is InChI=1S/C13H17N3O2/c1-9-4-14-12(10(2)13(9)18-3)6-16-5-11(7-17)15-8-16/h4-5,8,17H,6-7H2,1-3H3. The van der Waals surface area contributed by atoms with Crippen molar-refractivity contribution in [2.75, 3.05) is 7.11 Å². The lowest BCUT2D eigenvalue weighted by atomic mass is 10.1. The average molecular weight is 247 g/mol. The summed E-state index contributed by atoms with van der Waals surface area (Å²) in [6.45, 7) is 4.55. The van der Waals surface area contributed by atoms with Crippen LogP contribution in [0.25, 0.3) is 0 Å². The van der Waals surface area contributed by atoms with Crippen molar-refractivity contribution in [3.63, 3.8) is 0 Å². The summed E-state index contributed by atoms with van der Waals surface area (Å²) in [6.07, 6.45) is 5.32. The maximum Gasteiger partial charge on any atom is 0.128 e. The molecule has 0 unspecified atom stereocenters. The third-order valence-electron chi connectivity index (χ3n) is 2.93. The van der Waals surface area contributed by atoms with Gasteiger partial charge in [-0.3, -0.25) is 4.98 Å². The number of aliphatic hydroxyl groups is 1. The highest BCUT2D eigenvalue weighted by atomic mass is 16.5. The Balaban J connectivity index is 2.29. The van der Waals surface area contributed by atoms with Gasteiger partial charge in [0.1, 0.15) is 5.75 Å². The van der Waals surface area contributed by atoms with Gasteiger partial charge in [-0.05, 0) is 13.8 Å². The number of aliphatic hydroxyl groups excluding tert-OH is 1. The van der Waals surface area contributed by atoms with E-state index in [1.165, 1.54) is 0 Å². The summed E-state index contributed by atoms with van der Waals surface area (Å²) in [5, 5.41) is 8.98. The van der Waals surface area contributed by atoms with Gasteiger partial charge in [0.05, 0.1) is 38.0 Å². The molecule has 5 nitrogen and oxygen atoms in total. The van der Waals surface area contributed by atoms with Gasteiger partial charge in [-0.15, -0.1) is 0 Å². The van der Waals surface area contributed by atoms with Gasteiger partial charge in [0.25, 0.3) is 0 Å². The number of rotatable bonds is 4. The van der Waals surface area contributed by atoms with E-state index in [1.54, 1.807) is 13.4 Å². The Morgan fingerprint density at radius 2 is 2.11 bits per heavy atom. The normalized spacial score (nSPS) is 10.7. The van der Waals surface area contributed by atoms with Gasteiger partial charge in [0.15, 0.2) is 0 Å². The molecule has 0 spiro atoms. The summed E-state index contributed by atoms with van der Waals surface area (Å²) >= 11 is 0. The van der Waals surface area contributed by atoms with Crippen LogP contribution in [-0.4, -0.2) is 26.8 Å². The summed E-state index contributed by atoms with van der Waals surface area (Å²) in [5.74, 6) is 0.877. The molecule has 0 radical (unpaired) electrons. The molecule has 0 atom stereocenters. The highest BCUT2D eigenvalue weighted by molar-refractivity contribution is 5.41. The second-order valence-corrected chi connectivity index (χ2v) is 4.24. The highest BCUT2D eigenvalue weighted by Crippen LogP contribution is 2.24. The Morgan fingerprint density at radius 3 is 2.72 bits per heavy atom. The lowest BCUT2D eigenvalue weighted by molar-refractivity contribution is 0.277. The molecule has 2 aromatic rings. The quantitative estimate of drug-likeness (QED) is 0.888. The molecule has 0 fully saturated rings. The van der Waals surface area contributed by atoms with Crippen molar-refractivity contribution >= 4 is 0 Å². The molecule has 18 heavy (non-hydrogen) atoms. The van der Waals surface area contributed by atoms with Crippen molar-refractivity contribution < 1.29 is 9.84 Å². The van der Waals surface area contributed by atoms with E-state index in [-0.39, 0.29) is 6.61 Å². The fourth-order valence-corrected chi connectivity index (χ4v) is 1.98. The minimum Gasteiger partial charge on any atom is -0.496 e. The Kier molecular flexibility index (Phi) is 3.62. The van der Waals surface area contributed by atoms with Gasteiger partial charge >= 0.3 is 0 Å². The van der Waals surface area contributed by atoms with Crippen LogP contribution in [0, 0.1) is 13.8 Å². The smallest absolute Gasteiger partial charge is 0.128 e. The first-order valence-corrected chi connectivity index (χ1v) is 5.76. The van der Waals surface area contributed by atoms with Gasteiger partial charge < -0.3 is 14.4 Å². The molecule has 2 aromatic heterocycles. The van der Waals surface area contributed by atoms with E-state index in [0.717, 1.165) is 22.6 Å². The summed E-state index contributed by atoms with van der Waals surface area (Å²) in [6, 6.07) is 0. The molecule has 1 N–H and O–H groups in total. The Hall–Kier alpha value is -1.88. The Morgan fingerprint density at radius 1 is 1.33 bits per heavy atom. The van der Waals surface area contributed by atoms with E-state index in [4.69, 9.17) is 9.84 Å². The minimum atomic E-state index is -0.0450. The van der Waals surface area contributed by atoms with Crippen LogP contribution in [0.1, 0.15) is 22.5 Å². The first-order valence-electron chi connectivity index (χ1n) is 5.76. The zero-order chi connectivity index (χ0) is 13.1. The number of imidazole rings is 1. The van der Waals surface area contributed by atoms with E-state index in [1.807, 2.05) is 30.8 Å². The fourth-order valence-electron chi connectivity index (χ4n) is 1.98. The number of hydrogen-bond donors (Lipinski definition) is 1. The summed E-state index contributed by atoms with van der Waals surface area (Å²) < 4.78 is 7.27. The summed E-state index contributed by atoms with van der Waals surface area (Å²) in [7, 11) is 1.67. The number of methoxy groups -OCH3 is 1. The van der Waals surface area contributed by atoms with E-state index in [0.29, 0.717) is 12.2 Å². The van der Waals surface area contributed by atoms with Crippen LogP contribution in [-0.2, 0) is 13.2 Å².